The van der Waals surface area contributed by atoms with E-state index in [4.69, 9.17) is 9.11 Å². The van der Waals surface area contributed by atoms with E-state index in [1.54, 1.807) is 0 Å². The second-order valence-electron chi connectivity index (χ2n) is 11.9. The molecule has 0 saturated carbocycles. The zero-order chi connectivity index (χ0) is 38.6. The minimum absolute atomic E-state index is 0. The third-order valence-corrected chi connectivity index (χ3v) is 9.50. The van der Waals surface area contributed by atoms with Crippen LogP contribution in [0.5, 0.6) is 0 Å². The fraction of sp³-hybridized carbons (Fsp3) is 0.812. The van der Waals surface area contributed by atoms with Gasteiger partial charge in [0.15, 0.2) is 10.5 Å². The van der Waals surface area contributed by atoms with Crippen molar-refractivity contribution in [2.45, 2.75) is 166 Å². The molecule has 2 atom stereocenters. The molecular formula is C32H54Na2O16S2. The number of carboxylic acid groups (broad SMARTS) is 2. The summed E-state index contributed by atoms with van der Waals surface area (Å²) >= 11 is 0. The number of hydrogen-bond acceptors (Lipinski definition) is 14. The van der Waals surface area contributed by atoms with E-state index >= 15 is 0 Å². The SMILES string of the molecule is CCCCCCCCCCCC(=O)OC(=O)C(CC(=O)[O-])S(=O)(=O)O.CCCCCCCCCCCC(=O)OC(=O)C(CC(=O)[O-])S(=O)(=O)O.[Na+].[Na+]. The number of hydrogen-bond donors (Lipinski definition) is 2. The third kappa shape index (κ3) is 34.8. The van der Waals surface area contributed by atoms with Gasteiger partial charge in [-0.25, -0.2) is 0 Å². The van der Waals surface area contributed by atoms with Gasteiger partial charge in [0.1, 0.15) is 0 Å². The molecule has 292 valence electrons. The molecule has 20 heteroatoms. The molecule has 0 aliphatic rings. The van der Waals surface area contributed by atoms with Gasteiger partial charge in [0.25, 0.3) is 20.2 Å². The molecule has 0 aliphatic carbocycles. The van der Waals surface area contributed by atoms with Crippen LogP contribution in [0.4, 0.5) is 0 Å². The predicted molar refractivity (Wildman–Crippen MR) is 176 cm³/mol. The predicted octanol–water partition coefficient (Wildman–Crippen LogP) is -3.25. The molecule has 0 aliphatic heterocycles. The first-order valence-corrected chi connectivity index (χ1v) is 20.2. The number of esters is 4. The molecule has 2 N–H and O–H groups in total. The summed E-state index contributed by atoms with van der Waals surface area (Å²) in [5, 5.41) is 16.1. The molecule has 0 bridgehead atoms. The van der Waals surface area contributed by atoms with Crippen molar-refractivity contribution in [2.75, 3.05) is 0 Å². The first-order valence-electron chi connectivity index (χ1n) is 17.2. The Labute approximate surface area is 352 Å². The van der Waals surface area contributed by atoms with Gasteiger partial charge < -0.3 is 29.3 Å². The van der Waals surface area contributed by atoms with E-state index in [0.29, 0.717) is 12.8 Å². The van der Waals surface area contributed by atoms with Crippen molar-refractivity contribution >= 4 is 56.1 Å². The van der Waals surface area contributed by atoms with Gasteiger partial charge in [-0.1, -0.05) is 117 Å². The molecule has 0 fully saturated rings. The van der Waals surface area contributed by atoms with E-state index < -0.39 is 79.4 Å². The first kappa shape index (κ1) is 57.8. The minimum atomic E-state index is -4.99. The standard InChI is InChI=1S/2C16H28O8S.2Na/c2*1-2-3-4-5-6-7-8-9-10-11-15(19)24-16(20)13(12-14(17)18)25(21,22)23;;/h2*13H,2-12H2,1H3,(H,17,18)(H,21,22,23);;/q;;2*+1/p-2. The maximum atomic E-state index is 11.5. The second-order valence-corrected chi connectivity index (χ2v) is 15.1. The first-order chi connectivity index (χ1) is 23.4. The molecule has 0 radical (unpaired) electrons. The Bertz CT molecular complexity index is 1160. The Hall–Kier alpha value is -0.960. The molecule has 0 rings (SSSR count). The zero-order valence-corrected chi connectivity index (χ0v) is 36.8. The third-order valence-electron chi connectivity index (χ3n) is 7.35. The molecule has 2 unspecified atom stereocenters. The maximum Gasteiger partial charge on any atom is 1.00 e. The summed E-state index contributed by atoms with van der Waals surface area (Å²) < 4.78 is 70.1. The van der Waals surface area contributed by atoms with Gasteiger partial charge in [0.2, 0.25) is 0 Å². The summed E-state index contributed by atoms with van der Waals surface area (Å²) in [5.74, 6) is -8.81. The van der Waals surface area contributed by atoms with Gasteiger partial charge in [0.05, 0.1) is 0 Å². The Morgan fingerprint density at radius 3 is 0.923 bits per heavy atom. The van der Waals surface area contributed by atoms with Crippen LogP contribution in [0.3, 0.4) is 0 Å². The van der Waals surface area contributed by atoms with Crippen molar-refractivity contribution in [3.05, 3.63) is 0 Å². The van der Waals surface area contributed by atoms with Gasteiger partial charge in [-0.15, -0.1) is 0 Å². The van der Waals surface area contributed by atoms with Crippen molar-refractivity contribution in [2.24, 2.45) is 0 Å². The Morgan fingerprint density at radius 1 is 0.481 bits per heavy atom. The zero-order valence-electron chi connectivity index (χ0n) is 31.1. The monoisotopic (exact) mass is 804 g/mol. The molecule has 0 amide bonds. The molecule has 52 heavy (non-hydrogen) atoms. The number of carboxylic acids is 2. The number of rotatable bonds is 28. The van der Waals surface area contributed by atoms with Gasteiger partial charge in [0, 0.05) is 37.6 Å². The topological polar surface area (TPSA) is 276 Å². The Morgan fingerprint density at radius 2 is 0.712 bits per heavy atom. The summed E-state index contributed by atoms with van der Waals surface area (Å²) in [5.41, 5.74) is 0. The molecule has 0 saturated heterocycles. The molecule has 0 aromatic heterocycles. The maximum absolute atomic E-state index is 11.5. The average molecular weight is 805 g/mol. The van der Waals surface area contributed by atoms with E-state index in [1.807, 2.05) is 0 Å². The minimum Gasteiger partial charge on any atom is -0.550 e. The van der Waals surface area contributed by atoms with Crippen LogP contribution >= 0.6 is 0 Å². The van der Waals surface area contributed by atoms with Crippen molar-refractivity contribution in [3.63, 3.8) is 0 Å². The van der Waals surface area contributed by atoms with Crippen molar-refractivity contribution in [3.8, 4) is 0 Å². The van der Waals surface area contributed by atoms with Crippen molar-refractivity contribution in [1.82, 2.24) is 0 Å². The van der Waals surface area contributed by atoms with E-state index in [2.05, 4.69) is 23.3 Å². The van der Waals surface area contributed by atoms with Crippen LogP contribution in [0.25, 0.3) is 0 Å². The van der Waals surface area contributed by atoms with E-state index in [1.165, 1.54) is 51.4 Å². The summed E-state index contributed by atoms with van der Waals surface area (Å²) in [6.07, 6.45) is 15.8. The smallest absolute Gasteiger partial charge is 0.550 e. The van der Waals surface area contributed by atoms with Gasteiger partial charge in [-0.2, -0.15) is 16.8 Å². The Kier molecular flexibility index (Phi) is 38.3. The Balaban J connectivity index is -0.000000427. The fourth-order valence-electron chi connectivity index (χ4n) is 4.54. The summed E-state index contributed by atoms with van der Waals surface area (Å²) in [4.78, 5) is 66.9. The van der Waals surface area contributed by atoms with Crippen LogP contribution in [-0.2, 0) is 58.5 Å². The van der Waals surface area contributed by atoms with Crippen molar-refractivity contribution in [1.29, 1.82) is 0 Å². The van der Waals surface area contributed by atoms with Crippen LogP contribution in [0.1, 0.15) is 155 Å². The van der Waals surface area contributed by atoms with Crippen LogP contribution in [0.2, 0.25) is 0 Å². The van der Waals surface area contributed by atoms with Gasteiger partial charge in [-0.3, -0.25) is 28.3 Å². The van der Waals surface area contributed by atoms with Crippen LogP contribution < -0.4 is 69.3 Å². The molecular weight excluding hydrogens is 750 g/mol. The molecule has 0 heterocycles. The quantitative estimate of drug-likeness (QED) is 0.0258. The molecule has 0 aromatic rings. The van der Waals surface area contributed by atoms with Crippen LogP contribution in [0.15, 0.2) is 0 Å². The van der Waals surface area contributed by atoms with Crippen LogP contribution in [-0.4, -0.2) is 72.3 Å². The molecule has 16 nitrogen and oxygen atoms in total. The summed E-state index contributed by atoms with van der Waals surface area (Å²) in [6.45, 7) is 4.31. The molecule has 0 spiro atoms. The summed E-state index contributed by atoms with van der Waals surface area (Å²) in [6, 6.07) is 0. The summed E-state index contributed by atoms with van der Waals surface area (Å²) in [7, 11) is -9.99. The van der Waals surface area contributed by atoms with E-state index in [0.717, 1.165) is 51.4 Å². The van der Waals surface area contributed by atoms with E-state index in [-0.39, 0.29) is 72.0 Å². The number of unbranched alkanes of at least 4 members (excludes halogenated alkanes) is 16. The average Bonchev–Trinajstić information content (AvgIpc) is 2.99. The number of carbonyl (C=O) groups is 6. The van der Waals surface area contributed by atoms with Crippen LogP contribution in [0, 0.1) is 0 Å². The number of ether oxygens (including phenoxy) is 2. The largest absolute Gasteiger partial charge is 1.00 e. The van der Waals surface area contributed by atoms with Crippen molar-refractivity contribution < 1.29 is 134 Å². The normalized spacial score (nSPS) is 12.1. The van der Waals surface area contributed by atoms with Gasteiger partial charge in [-0.05, 0) is 12.8 Å². The number of aliphatic carboxylic acids is 2. The molecule has 0 aromatic carbocycles. The van der Waals surface area contributed by atoms with E-state index in [9.17, 15) is 55.8 Å². The second kappa shape index (κ2) is 34.5. The number of carbonyl (C=O) groups excluding carboxylic acids is 6. The van der Waals surface area contributed by atoms with Gasteiger partial charge >= 0.3 is 83.0 Å². The fourth-order valence-corrected chi connectivity index (χ4v) is 5.82.